The maximum absolute atomic E-state index is 9.70. The molecule has 90 valence electrons. The Balaban J connectivity index is 2.54. The second kappa shape index (κ2) is 6.35. The first-order chi connectivity index (χ1) is 7.67. The van der Waals surface area contributed by atoms with Crippen LogP contribution in [0.4, 0.5) is 0 Å². The van der Waals surface area contributed by atoms with Crippen molar-refractivity contribution in [2.75, 3.05) is 13.7 Å². The molecule has 0 heterocycles. The van der Waals surface area contributed by atoms with Gasteiger partial charge in [-0.1, -0.05) is 6.07 Å². The van der Waals surface area contributed by atoms with E-state index in [2.05, 4.69) is 5.32 Å². The summed E-state index contributed by atoms with van der Waals surface area (Å²) in [5.41, 5.74) is 0.825. The van der Waals surface area contributed by atoms with Crippen LogP contribution in [0.1, 0.15) is 18.9 Å². The zero-order chi connectivity index (χ0) is 12.0. The lowest BCUT2D eigenvalue weighted by atomic mass is 10.1. The predicted molar refractivity (Wildman–Crippen MR) is 62.7 cm³/mol. The molecular weight excluding hydrogens is 206 g/mol. The van der Waals surface area contributed by atoms with E-state index < -0.39 is 0 Å². The molecular formula is C12H19NO3. The van der Waals surface area contributed by atoms with Gasteiger partial charge in [-0.25, -0.2) is 0 Å². The van der Waals surface area contributed by atoms with Crippen molar-refractivity contribution in [3.8, 4) is 11.5 Å². The third-order valence-corrected chi connectivity index (χ3v) is 2.50. The minimum absolute atomic E-state index is 0.169. The summed E-state index contributed by atoms with van der Waals surface area (Å²) in [6.07, 6.45) is 0.705. The molecule has 3 N–H and O–H groups in total. The Kier molecular flexibility index (Phi) is 5.08. The van der Waals surface area contributed by atoms with Crippen LogP contribution in [0.3, 0.4) is 0 Å². The molecule has 4 nitrogen and oxygen atoms in total. The van der Waals surface area contributed by atoms with Gasteiger partial charge in [0.15, 0.2) is 0 Å². The van der Waals surface area contributed by atoms with Gasteiger partial charge in [-0.2, -0.15) is 0 Å². The van der Waals surface area contributed by atoms with E-state index >= 15 is 0 Å². The van der Waals surface area contributed by atoms with E-state index in [9.17, 15) is 5.11 Å². The van der Waals surface area contributed by atoms with E-state index in [-0.39, 0.29) is 18.4 Å². The van der Waals surface area contributed by atoms with Crippen LogP contribution in [0.5, 0.6) is 11.5 Å². The van der Waals surface area contributed by atoms with Gasteiger partial charge in [0, 0.05) is 30.8 Å². The fourth-order valence-electron chi connectivity index (χ4n) is 1.40. The van der Waals surface area contributed by atoms with Crippen molar-refractivity contribution >= 4 is 0 Å². The number of aliphatic hydroxyl groups excluding tert-OH is 1. The van der Waals surface area contributed by atoms with Gasteiger partial charge in [-0.05, 0) is 19.4 Å². The first kappa shape index (κ1) is 12.8. The summed E-state index contributed by atoms with van der Waals surface area (Å²) < 4.78 is 5.00. The van der Waals surface area contributed by atoms with Gasteiger partial charge >= 0.3 is 0 Å². The molecule has 1 aromatic rings. The number of aliphatic hydroxyl groups is 1. The molecule has 0 aliphatic heterocycles. The van der Waals surface area contributed by atoms with Gasteiger partial charge < -0.3 is 20.3 Å². The van der Waals surface area contributed by atoms with Crippen LogP contribution in [-0.4, -0.2) is 30.0 Å². The summed E-state index contributed by atoms with van der Waals surface area (Å²) in [5.74, 6) is 0.868. The highest BCUT2D eigenvalue weighted by molar-refractivity contribution is 5.39. The van der Waals surface area contributed by atoms with E-state index in [0.717, 1.165) is 5.56 Å². The monoisotopic (exact) mass is 225 g/mol. The van der Waals surface area contributed by atoms with Gasteiger partial charge in [-0.15, -0.1) is 0 Å². The highest BCUT2D eigenvalue weighted by Gasteiger charge is 2.05. The molecule has 0 saturated carbocycles. The minimum atomic E-state index is 0.169. The molecule has 4 heteroatoms. The number of aromatic hydroxyl groups is 1. The van der Waals surface area contributed by atoms with E-state index in [1.54, 1.807) is 13.2 Å². The number of benzene rings is 1. The Morgan fingerprint density at radius 2 is 2.19 bits per heavy atom. The second-order valence-corrected chi connectivity index (χ2v) is 3.79. The maximum atomic E-state index is 9.70. The van der Waals surface area contributed by atoms with Crippen molar-refractivity contribution in [1.82, 2.24) is 5.32 Å². The molecule has 0 radical (unpaired) electrons. The van der Waals surface area contributed by atoms with E-state index in [1.165, 1.54) is 0 Å². The first-order valence-electron chi connectivity index (χ1n) is 5.37. The standard InChI is InChI=1S/C12H19NO3/c1-9(5-6-14)13-8-10-3-4-11(16-2)7-12(10)15/h3-4,7,9,13-15H,5-6,8H2,1-2H3/t9-/m1/s1. The molecule has 16 heavy (non-hydrogen) atoms. The number of ether oxygens (including phenoxy) is 1. The van der Waals surface area contributed by atoms with Crippen LogP contribution >= 0.6 is 0 Å². The summed E-state index contributed by atoms with van der Waals surface area (Å²) >= 11 is 0. The normalized spacial score (nSPS) is 12.4. The van der Waals surface area contributed by atoms with Gasteiger partial charge in [0.05, 0.1) is 7.11 Å². The topological polar surface area (TPSA) is 61.7 Å². The van der Waals surface area contributed by atoms with Gasteiger partial charge in [0.2, 0.25) is 0 Å². The van der Waals surface area contributed by atoms with Gasteiger partial charge in [0.25, 0.3) is 0 Å². The molecule has 0 aromatic heterocycles. The van der Waals surface area contributed by atoms with E-state index in [4.69, 9.17) is 9.84 Å². The third kappa shape index (κ3) is 3.72. The van der Waals surface area contributed by atoms with Gasteiger partial charge in [0.1, 0.15) is 11.5 Å². The lowest BCUT2D eigenvalue weighted by Crippen LogP contribution is -2.26. The summed E-state index contributed by atoms with van der Waals surface area (Å²) in [5, 5.41) is 21.7. The van der Waals surface area contributed by atoms with Crippen molar-refractivity contribution in [2.45, 2.75) is 25.9 Å². The first-order valence-corrected chi connectivity index (χ1v) is 5.37. The van der Waals surface area contributed by atoms with Crippen LogP contribution < -0.4 is 10.1 Å². The van der Waals surface area contributed by atoms with Crippen LogP contribution in [0.15, 0.2) is 18.2 Å². The number of rotatable bonds is 6. The molecule has 0 unspecified atom stereocenters. The molecule has 1 atom stereocenters. The molecule has 1 rings (SSSR count). The number of phenols is 1. The zero-order valence-corrected chi connectivity index (χ0v) is 9.73. The summed E-state index contributed by atoms with van der Waals surface area (Å²) in [7, 11) is 1.57. The van der Waals surface area contributed by atoms with Crippen LogP contribution in [0, 0.1) is 0 Å². The van der Waals surface area contributed by atoms with Gasteiger partial charge in [-0.3, -0.25) is 0 Å². The Morgan fingerprint density at radius 1 is 1.44 bits per heavy atom. The molecule has 0 bridgehead atoms. The summed E-state index contributed by atoms with van der Waals surface area (Å²) in [4.78, 5) is 0. The molecule has 0 amide bonds. The smallest absolute Gasteiger partial charge is 0.123 e. The summed E-state index contributed by atoms with van der Waals surface area (Å²) in [6, 6.07) is 5.46. The molecule has 0 aliphatic rings. The Hall–Kier alpha value is -1.26. The molecule has 0 fully saturated rings. The molecule has 0 aliphatic carbocycles. The Morgan fingerprint density at radius 3 is 2.75 bits per heavy atom. The van der Waals surface area contributed by atoms with Crippen molar-refractivity contribution in [3.05, 3.63) is 23.8 Å². The highest BCUT2D eigenvalue weighted by Crippen LogP contribution is 2.23. The number of hydrogen-bond donors (Lipinski definition) is 3. The second-order valence-electron chi connectivity index (χ2n) is 3.79. The average molecular weight is 225 g/mol. The Bertz CT molecular complexity index is 328. The van der Waals surface area contributed by atoms with Crippen LogP contribution in [0.2, 0.25) is 0 Å². The number of hydrogen-bond acceptors (Lipinski definition) is 4. The number of phenolic OH excluding ortho intramolecular Hbond substituents is 1. The zero-order valence-electron chi connectivity index (χ0n) is 9.73. The van der Waals surface area contributed by atoms with Crippen LogP contribution in [-0.2, 0) is 6.54 Å². The third-order valence-electron chi connectivity index (χ3n) is 2.50. The quantitative estimate of drug-likeness (QED) is 0.682. The maximum Gasteiger partial charge on any atom is 0.123 e. The number of nitrogens with one attached hydrogen (secondary N) is 1. The fraction of sp³-hybridized carbons (Fsp3) is 0.500. The van der Waals surface area contributed by atoms with Crippen LogP contribution in [0.25, 0.3) is 0 Å². The average Bonchev–Trinajstić information content (AvgIpc) is 2.27. The van der Waals surface area contributed by atoms with Crippen molar-refractivity contribution in [1.29, 1.82) is 0 Å². The number of methoxy groups -OCH3 is 1. The van der Waals surface area contributed by atoms with E-state index in [0.29, 0.717) is 18.7 Å². The largest absolute Gasteiger partial charge is 0.507 e. The fourth-order valence-corrected chi connectivity index (χ4v) is 1.40. The highest BCUT2D eigenvalue weighted by atomic mass is 16.5. The molecule has 1 aromatic carbocycles. The summed E-state index contributed by atoms with van der Waals surface area (Å²) in [6.45, 7) is 2.75. The van der Waals surface area contributed by atoms with Crippen molar-refractivity contribution in [2.24, 2.45) is 0 Å². The SMILES string of the molecule is COc1ccc(CN[C@H](C)CCO)c(O)c1. The van der Waals surface area contributed by atoms with Crippen molar-refractivity contribution < 1.29 is 14.9 Å². The molecule has 0 saturated heterocycles. The predicted octanol–water partition coefficient (Wildman–Crippen LogP) is 1.26. The van der Waals surface area contributed by atoms with Crippen molar-refractivity contribution in [3.63, 3.8) is 0 Å². The Labute approximate surface area is 95.9 Å². The molecule has 0 spiro atoms. The van der Waals surface area contributed by atoms with E-state index in [1.807, 2.05) is 19.1 Å². The lowest BCUT2D eigenvalue weighted by Gasteiger charge is -2.13. The minimum Gasteiger partial charge on any atom is -0.507 e. The lowest BCUT2D eigenvalue weighted by molar-refractivity contribution is 0.268.